The molecule has 2 nitrogen and oxygen atoms in total. The van der Waals surface area contributed by atoms with Gasteiger partial charge in [0.15, 0.2) is 0 Å². The topological polar surface area (TPSA) is 15.3 Å². The van der Waals surface area contributed by atoms with E-state index in [0.29, 0.717) is 0 Å². The Hall–Kier alpha value is -0.0800. The Kier molecular flexibility index (Phi) is 3.45. The highest BCUT2D eigenvalue weighted by Gasteiger charge is 2.30. The molecule has 14 heavy (non-hydrogen) atoms. The zero-order valence-electron chi connectivity index (χ0n) is 9.63. The van der Waals surface area contributed by atoms with Crippen LogP contribution < -0.4 is 5.32 Å². The van der Waals surface area contributed by atoms with Crippen molar-refractivity contribution in [2.45, 2.75) is 38.6 Å². The van der Waals surface area contributed by atoms with E-state index in [1.807, 2.05) is 0 Å². The molecule has 1 N–H and O–H groups in total. The Labute approximate surface area is 88.1 Å². The second kappa shape index (κ2) is 4.63. The fourth-order valence-corrected chi connectivity index (χ4v) is 2.12. The lowest BCUT2D eigenvalue weighted by molar-refractivity contribution is 0.190. The largest absolute Gasteiger partial charge is 0.318 e. The van der Waals surface area contributed by atoms with E-state index in [1.165, 1.54) is 38.8 Å². The van der Waals surface area contributed by atoms with E-state index in [1.54, 1.807) is 0 Å². The number of nitrogens with one attached hydrogen (secondary N) is 1. The summed E-state index contributed by atoms with van der Waals surface area (Å²) < 4.78 is 0. The molecule has 0 aliphatic heterocycles. The summed E-state index contributed by atoms with van der Waals surface area (Å²) in [4.78, 5) is 2.71. The highest BCUT2D eigenvalue weighted by molar-refractivity contribution is 4.84. The molecule has 1 atom stereocenters. The van der Waals surface area contributed by atoms with E-state index in [-0.39, 0.29) is 0 Å². The van der Waals surface area contributed by atoms with Gasteiger partial charge in [0.05, 0.1) is 0 Å². The maximum absolute atomic E-state index is 3.29. The van der Waals surface area contributed by atoms with Gasteiger partial charge in [-0.25, -0.2) is 0 Å². The SMILES string of the molecule is CNCC(C)N(CC1CC1)CC1CC1. The Morgan fingerprint density at radius 2 is 1.64 bits per heavy atom. The van der Waals surface area contributed by atoms with Crippen LogP contribution in [-0.4, -0.2) is 37.6 Å². The molecule has 1 unspecified atom stereocenters. The highest BCUT2D eigenvalue weighted by Crippen LogP contribution is 2.34. The Morgan fingerprint density at radius 3 is 2.00 bits per heavy atom. The minimum atomic E-state index is 0.723. The maximum Gasteiger partial charge on any atom is 0.0192 e. The monoisotopic (exact) mass is 196 g/mol. The molecular formula is C12H24N2. The van der Waals surface area contributed by atoms with E-state index in [2.05, 4.69) is 24.2 Å². The van der Waals surface area contributed by atoms with Crippen molar-refractivity contribution in [1.82, 2.24) is 10.2 Å². The lowest BCUT2D eigenvalue weighted by Crippen LogP contribution is -2.41. The molecule has 0 aromatic rings. The van der Waals surface area contributed by atoms with Crippen LogP contribution in [0.25, 0.3) is 0 Å². The van der Waals surface area contributed by atoms with Gasteiger partial charge in [0.1, 0.15) is 0 Å². The van der Waals surface area contributed by atoms with Crippen molar-refractivity contribution in [1.29, 1.82) is 0 Å². The third-order valence-electron chi connectivity index (χ3n) is 3.50. The van der Waals surface area contributed by atoms with Crippen molar-refractivity contribution < 1.29 is 0 Å². The smallest absolute Gasteiger partial charge is 0.0192 e. The summed E-state index contributed by atoms with van der Waals surface area (Å²) in [5.74, 6) is 2.07. The predicted octanol–water partition coefficient (Wildman–Crippen LogP) is 1.72. The second-order valence-corrected chi connectivity index (χ2v) is 5.25. The summed E-state index contributed by atoms with van der Waals surface area (Å²) in [5, 5.41) is 3.29. The number of hydrogen-bond acceptors (Lipinski definition) is 2. The second-order valence-electron chi connectivity index (χ2n) is 5.25. The summed E-state index contributed by atoms with van der Waals surface area (Å²) in [6, 6.07) is 0.723. The molecule has 82 valence electrons. The first kappa shape index (κ1) is 10.4. The number of hydrogen-bond donors (Lipinski definition) is 1. The van der Waals surface area contributed by atoms with E-state index >= 15 is 0 Å². The Morgan fingerprint density at radius 1 is 1.14 bits per heavy atom. The van der Waals surface area contributed by atoms with Crippen LogP contribution in [0.1, 0.15) is 32.6 Å². The van der Waals surface area contributed by atoms with Gasteiger partial charge in [0, 0.05) is 25.7 Å². The first-order valence-electron chi connectivity index (χ1n) is 6.18. The van der Waals surface area contributed by atoms with Crippen LogP contribution >= 0.6 is 0 Å². The highest BCUT2D eigenvalue weighted by atomic mass is 15.2. The molecule has 2 heteroatoms. The van der Waals surface area contributed by atoms with Crippen LogP contribution in [0.3, 0.4) is 0 Å². The predicted molar refractivity (Wildman–Crippen MR) is 60.4 cm³/mol. The molecule has 2 rings (SSSR count). The van der Waals surface area contributed by atoms with Gasteiger partial charge in [0.25, 0.3) is 0 Å². The van der Waals surface area contributed by atoms with E-state index in [4.69, 9.17) is 0 Å². The van der Waals surface area contributed by atoms with Crippen LogP contribution in [0, 0.1) is 11.8 Å². The number of nitrogens with zero attached hydrogens (tertiary/aromatic N) is 1. The van der Waals surface area contributed by atoms with Crippen molar-refractivity contribution in [3.05, 3.63) is 0 Å². The van der Waals surface area contributed by atoms with Crippen molar-refractivity contribution in [3.63, 3.8) is 0 Å². The van der Waals surface area contributed by atoms with Crippen LogP contribution in [0.4, 0.5) is 0 Å². The first-order chi connectivity index (χ1) is 6.79. The summed E-state index contributed by atoms with van der Waals surface area (Å²) in [7, 11) is 2.06. The lowest BCUT2D eigenvalue weighted by atomic mass is 10.2. The van der Waals surface area contributed by atoms with Crippen LogP contribution in [-0.2, 0) is 0 Å². The van der Waals surface area contributed by atoms with Crippen molar-refractivity contribution in [3.8, 4) is 0 Å². The molecule has 2 fully saturated rings. The molecule has 0 saturated heterocycles. The summed E-state index contributed by atoms with van der Waals surface area (Å²) in [6.07, 6.45) is 5.92. The van der Waals surface area contributed by atoms with Gasteiger partial charge in [-0.1, -0.05) is 0 Å². The molecular weight excluding hydrogens is 172 g/mol. The van der Waals surface area contributed by atoms with Gasteiger partial charge in [0.2, 0.25) is 0 Å². The summed E-state index contributed by atoms with van der Waals surface area (Å²) in [6.45, 7) is 6.22. The molecule has 0 aromatic heterocycles. The van der Waals surface area contributed by atoms with Gasteiger partial charge >= 0.3 is 0 Å². The minimum absolute atomic E-state index is 0.723. The third kappa shape index (κ3) is 3.25. The van der Waals surface area contributed by atoms with Crippen molar-refractivity contribution in [2.24, 2.45) is 11.8 Å². The van der Waals surface area contributed by atoms with E-state index < -0.39 is 0 Å². The van der Waals surface area contributed by atoms with Crippen molar-refractivity contribution >= 4 is 0 Å². The molecule has 2 aliphatic carbocycles. The summed E-state index contributed by atoms with van der Waals surface area (Å²) in [5.41, 5.74) is 0. The molecule has 2 aliphatic rings. The average Bonchev–Trinajstić information content (AvgIpc) is 2.97. The van der Waals surface area contributed by atoms with Crippen LogP contribution in [0.15, 0.2) is 0 Å². The fourth-order valence-electron chi connectivity index (χ4n) is 2.12. The third-order valence-corrected chi connectivity index (χ3v) is 3.50. The van der Waals surface area contributed by atoms with Crippen LogP contribution in [0.5, 0.6) is 0 Å². The quantitative estimate of drug-likeness (QED) is 0.667. The molecule has 0 radical (unpaired) electrons. The first-order valence-corrected chi connectivity index (χ1v) is 6.18. The Balaban J connectivity index is 1.75. The van der Waals surface area contributed by atoms with Gasteiger partial charge in [-0.05, 0) is 51.5 Å². The van der Waals surface area contributed by atoms with Crippen molar-refractivity contribution in [2.75, 3.05) is 26.7 Å². The fraction of sp³-hybridized carbons (Fsp3) is 1.00. The van der Waals surface area contributed by atoms with E-state index in [9.17, 15) is 0 Å². The standard InChI is InChI=1S/C12H24N2/c1-10(7-13-2)14(8-11-3-4-11)9-12-5-6-12/h10-13H,3-9H2,1-2H3. The number of likely N-dealkylation sites (N-methyl/N-ethyl adjacent to an activating group) is 1. The van der Waals surface area contributed by atoms with E-state index in [0.717, 1.165) is 24.4 Å². The molecule has 0 bridgehead atoms. The molecule has 0 aromatic carbocycles. The molecule has 2 saturated carbocycles. The zero-order valence-corrected chi connectivity index (χ0v) is 9.63. The van der Waals surface area contributed by atoms with Gasteiger partial charge in [-0.3, -0.25) is 4.90 Å². The van der Waals surface area contributed by atoms with Gasteiger partial charge in [-0.15, -0.1) is 0 Å². The Bertz CT molecular complexity index is 159. The minimum Gasteiger partial charge on any atom is -0.318 e. The molecule has 0 amide bonds. The lowest BCUT2D eigenvalue weighted by Gasteiger charge is -2.29. The zero-order chi connectivity index (χ0) is 9.97. The average molecular weight is 196 g/mol. The summed E-state index contributed by atoms with van der Waals surface area (Å²) >= 11 is 0. The molecule has 0 heterocycles. The normalized spacial score (nSPS) is 24.2. The molecule has 0 spiro atoms. The maximum atomic E-state index is 3.29. The van der Waals surface area contributed by atoms with Crippen LogP contribution in [0.2, 0.25) is 0 Å². The van der Waals surface area contributed by atoms with Gasteiger partial charge < -0.3 is 5.32 Å². The number of rotatable bonds is 7. The van der Waals surface area contributed by atoms with Gasteiger partial charge in [-0.2, -0.15) is 0 Å².